The Morgan fingerprint density at radius 1 is 1.30 bits per heavy atom. The van der Waals surface area contributed by atoms with E-state index >= 15 is 0 Å². The summed E-state index contributed by atoms with van der Waals surface area (Å²) in [5, 5.41) is 12.2. The molecule has 0 saturated carbocycles. The molecule has 1 aliphatic rings. The van der Waals surface area contributed by atoms with Gasteiger partial charge in [0, 0.05) is 12.8 Å². The Hall–Kier alpha value is -2.02. The van der Waals surface area contributed by atoms with Gasteiger partial charge in [-0.15, -0.1) is 0 Å². The molecule has 2 heterocycles. The zero-order chi connectivity index (χ0) is 16.3. The van der Waals surface area contributed by atoms with Crippen molar-refractivity contribution in [1.82, 2.24) is 10.3 Å². The van der Waals surface area contributed by atoms with Crippen molar-refractivity contribution in [3.05, 3.63) is 30.2 Å². The van der Waals surface area contributed by atoms with Crippen LogP contribution in [0.2, 0.25) is 0 Å². The molecule has 1 aromatic carbocycles. The number of hydrogen-bond donors (Lipinski definition) is 2. The van der Waals surface area contributed by atoms with E-state index in [-0.39, 0.29) is 12.3 Å². The highest BCUT2D eigenvalue weighted by Crippen LogP contribution is 2.27. The number of para-hydroxylation sites is 2. The Morgan fingerprint density at radius 3 is 2.74 bits per heavy atom. The molecule has 6 nitrogen and oxygen atoms in total. The summed E-state index contributed by atoms with van der Waals surface area (Å²) in [6.07, 6.45) is 1.43. The standard InChI is InChI=1S/C16H18N2O4S/c19-13(18-16(15(20)21)7-9-23-10-8-16)5-6-14-17-11-3-1-2-4-12(11)22-14/h1-4H,5-10H2,(H,18,19)(H,20,21). The number of aromatic nitrogens is 1. The van der Waals surface area contributed by atoms with Crippen molar-refractivity contribution in [2.45, 2.75) is 31.2 Å². The Bertz CT molecular complexity index is 689. The lowest BCUT2D eigenvalue weighted by Gasteiger charge is -2.33. The summed E-state index contributed by atoms with van der Waals surface area (Å²) >= 11 is 1.71. The molecule has 0 atom stereocenters. The number of nitrogens with zero attached hydrogens (tertiary/aromatic N) is 1. The highest BCUT2D eigenvalue weighted by Gasteiger charge is 2.41. The van der Waals surface area contributed by atoms with Crippen LogP contribution in [0.15, 0.2) is 28.7 Å². The molecule has 1 saturated heterocycles. The van der Waals surface area contributed by atoms with Crippen LogP contribution in [0.4, 0.5) is 0 Å². The van der Waals surface area contributed by atoms with E-state index in [0.717, 1.165) is 17.0 Å². The van der Waals surface area contributed by atoms with Gasteiger partial charge < -0.3 is 14.8 Å². The maximum Gasteiger partial charge on any atom is 0.329 e. The topological polar surface area (TPSA) is 92.4 Å². The van der Waals surface area contributed by atoms with Crippen molar-refractivity contribution in [2.24, 2.45) is 0 Å². The predicted molar refractivity (Wildman–Crippen MR) is 87.4 cm³/mol. The van der Waals surface area contributed by atoms with Crippen molar-refractivity contribution >= 4 is 34.7 Å². The van der Waals surface area contributed by atoms with Gasteiger partial charge in [-0.05, 0) is 36.5 Å². The van der Waals surface area contributed by atoms with Crippen LogP contribution in [0.1, 0.15) is 25.2 Å². The summed E-state index contributed by atoms with van der Waals surface area (Å²) in [5.41, 5.74) is 0.326. The molecule has 1 aliphatic heterocycles. The maximum atomic E-state index is 12.2. The van der Waals surface area contributed by atoms with E-state index in [1.807, 2.05) is 24.3 Å². The Labute approximate surface area is 137 Å². The fourth-order valence-corrected chi connectivity index (χ4v) is 3.88. The van der Waals surface area contributed by atoms with Gasteiger partial charge in [-0.2, -0.15) is 11.8 Å². The summed E-state index contributed by atoms with van der Waals surface area (Å²) in [7, 11) is 0. The van der Waals surface area contributed by atoms with Crippen LogP contribution in [0.25, 0.3) is 11.1 Å². The Balaban J connectivity index is 1.61. The number of aliphatic carboxylic acids is 1. The first-order valence-corrected chi connectivity index (χ1v) is 8.71. The van der Waals surface area contributed by atoms with E-state index in [2.05, 4.69) is 10.3 Å². The van der Waals surface area contributed by atoms with Gasteiger partial charge in [0.1, 0.15) is 11.1 Å². The first kappa shape index (κ1) is 15.9. The number of hydrogen-bond acceptors (Lipinski definition) is 5. The molecular weight excluding hydrogens is 316 g/mol. The van der Waals surface area contributed by atoms with Gasteiger partial charge in [0.2, 0.25) is 5.91 Å². The number of carbonyl (C=O) groups excluding carboxylic acids is 1. The lowest BCUT2D eigenvalue weighted by Crippen LogP contribution is -2.56. The minimum absolute atomic E-state index is 0.162. The van der Waals surface area contributed by atoms with Crippen LogP contribution >= 0.6 is 11.8 Å². The molecular formula is C16H18N2O4S. The second-order valence-corrected chi connectivity index (χ2v) is 6.85. The maximum absolute atomic E-state index is 12.2. The van der Waals surface area contributed by atoms with E-state index in [9.17, 15) is 14.7 Å². The number of thioether (sulfide) groups is 1. The molecule has 3 rings (SSSR count). The quantitative estimate of drug-likeness (QED) is 0.871. The highest BCUT2D eigenvalue weighted by molar-refractivity contribution is 7.99. The summed E-state index contributed by atoms with van der Waals surface area (Å²) < 4.78 is 5.57. The summed E-state index contributed by atoms with van der Waals surface area (Å²) in [6, 6.07) is 7.41. The fraction of sp³-hybridized carbons (Fsp3) is 0.438. The van der Waals surface area contributed by atoms with Crippen LogP contribution in [-0.4, -0.2) is 39.0 Å². The lowest BCUT2D eigenvalue weighted by atomic mass is 9.92. The number of carbonyl (C=O) groups is 2. The summed E-state index contributed by atoms with van der Waals surface area (Å²) in [5.74, 6) is 0.759. The third kappa shape index (κ3) is 3.50. The number of carboxylic acids is 1. The normalized spacial score (nSPS) is 17.0. The molecule has 7 heteroatoms. The molecule has 1 amide bonds. The molecule has 0 bridgehead atoms. The molecule has 0 spiro atoms. The zero-order valence-corrected chi connectivity index (χ0v) is 13.4. The van der Waals surface area contributed by atoms with Crippen LogP contribution in [0, 0.1) is 0 Å². The minimum Gasteiger partial charge on any atom is -0.480 e. The summed E-state index contributed by atoms with van der Waals surface area (Å²) in [4.78, 5) is 28.0. The number of rotatable bonds is 5. The molecule has 2 aromatic rings. The van der Waals surface area contributed by atoms with Gasteiger partial charge in [0.05, 0.1) is 0 Å². The summed E-state index contributed by atoms with van der Waals surface area (Å²) in [6.45, 7) is 0. The van der Waals surface area contributed by atoms with Gasteiger partial charge in [0.15, 0.2) is 11.5 Å². The third-order valence-corrected chi connectivity index (χ3v) is 5.02. The number of carboxylic acid groups (broad SMARTS) is 1. The third-order valence-electron chi connectivity index (χ3n) is 4.04. The van der Waals surface area contributed by atoms with E-state index < -0.39 is 11.5 Å². The number of aryl methyl sites for hydroxylation is 1. The first-order valence-electron chi connectivity index (χ1n) is 7.56. The van der Waals surface area contributed by atoms with Gasteiger partial charge in [-0.25, -0.2) is 9.78 Å². The van der Waals surface area contributed by atoms with E-state index in [0.29, 0.717) is 30.7 Å². The van der Waals surface area contributed by atoms with Gasteiger partial charge in [0.25, 0.3) is 0 Å². The smallest absolute Gasteiger partial charge is 0.329 e. The molecule has 2 N–H and O–H groups in total. The highest BCUT2D eigenvalue weighted by atomic mass is 32.2. The molecule has 0 radical (unpaired) electrons. The monoisotopic (exact) mass is 334 g/mol. The van der Waals surface area contributed by atoms with E-state index in [1.165, 1.54) is 0 Å². The fourth-order valence-electron chi connectivity index (χ4n) is 2.69. The van der Waals surface area contributed by atoms with Gasteiger partial charge in [-0.1, -0.05) is 12.1 Å². The van der Waals surface area contributed by atoms with Crippen molar-refractivity contribution in [2.75, 3.05) is 11.5 Å². The molecule has 0 aliphatic carbocycles. The molecule has 1 aromatic heterocycles. The zero-order valence-electron chi connectivity index (χ0n) is 12.6. The minimum atomic E-state index is -1.12. The Morgan fingerprint density at radius 2 is 2.04 bits per heavy atom. The van der Waals surface area contributed by atoms with Crippen LogP contribution < -0.4 is 5.32 Å². The number of benzene rings is 1. The largest absolute Gasteiger partial charge is 0.480 e. The predicted octanol–water partition coefficient (Wildman–Crippen LogP) is 2.23. The van der Waals surface area contributed by atoms with Crippen LogP contribution in [0.3, 0.4) is 0 Å². The van der Waals surface area contributed by atoms with Crippen LogP contribution in [0.5, 0.6) is 0 Å². The van der Waals surface area contributed by atoms with E-state index in [4.69, 9.17) is 4.42 Å². The first-order chi connectivity index (χ1) is 11.1. The number of amides is 1. The second-order valence-electron chi connectivity index (χ2n) is 5.62. The molecule has 23 heavy (non-hydrogen) atoms. The average molecular weight is 334 g/mol. The van der Waals surface area contributed by atoms with E-state index in [1.54, 1.807) is 11.8 Å². The number of nitrogens with one attached hydrogen (secondary N) is 1. The number of oxazole rings is 1. The Kier molecular flexibility index (Phi) is 4.56. The van der Waals surface area contributed by atoms with Crippen LogP contribution in [-0.2, 0) is 16.0 Å². The molecule has 122 valence electrons. The lowest BCUT2D eigenvalue weighted by molar-refractivity contribution is -0.148. The van der Waals surface area contributed by atoms with Gasteiger partial charge >= 0.3 is 5.97 Å². The second kappa shape index (κ2) is 6.62. The van der Waals surface area contributed by atoms with Crippen molar-refractivity contribution in [3.63, 3.8) is 0 Å². The molecule has 0 unspecified atom stereocenters. The SMILES string of the molecule is O=C(CCc1nc2ccccc2o1)NC1(C(=O)O)CCSCC1. The van der Waals surface area contributed by atoms with Crippen molar-refractivity contribution < 1.29 is 19.1 Å². The number of fused-ring (bicyclic) bond motifs is 1. The molecule has 1 fully saturated rings. The van der Waals surface area contributed by atoms with Crippen molar-refractivity contribution in [3.8, 4) is 0 Å². The van der Waals surface area contributed by atoms with Gasteiger partial charge in [-0.3, -0.25) is 4.79 Å². The average Bonchev–Trinajstić information content (AvgIpc) is 2.96. The van der Waals surface area contributed by atoms with Crippen molar-refractivity contribution in [1.29, 1.82) is 0 Å².